The molecular formula is C10H19NO3S. The Hall–Kier alpha value is -0.810. The van der Waals surface area contributed by atoms with E-state index in [0.717, 1.165) is 0 Å². The van der Waals surface area contributed by atoms with Crippen molar-refractivity contribution in [2.45, 2.75) is 26.2 Å². The van der Waals surface area contributed by atoms with Crippen LogP contribution in [0.25, 0.3) is 0 Å². The van der Waals surface area contributed by atoms with Gasteiger partial charge >= 0.3 is 0 Å². The number of nitrogens with zero attached hydrogens (tertiary/aromatic N) is 1. The van der Waals surface area contributed by atoms with Gasteiger partial charge in [-0.25, -0.2) is 0 Å². The van der Waals surface area contributed by atoms with E-state index in [4.69, 9.17) is 4.55 Å². The summed E-state index contributed by atoms with van der Waals surface area (Å²) in [5, 5.41) is 0. The minimum Gasteiger partial charge on any atom is -0.357 e. The lowest BCUT2D eigenvalue weighted by atomic mass is 10.2. The largest absolute Gasteiger partial charge is 0.357 e. The number of aryl methyl sites for hydroxylation is 2. The lowest BCUT2D eigenvalue weighted by molar-refractivity contribution is 0.490. The molecule has 0 atom stereocenters. The maximum Gasteiger partial charge on any atom is 0.261 e. The van der Waals surface area contributed by atoms with Crippen molar-refractivity contribution in [3.63, 3.8) is 0 Å². The number of aromatic nitrogens is 1. The molecule has 1 N–H and O–H groups in total. The third kappa shape index (κ3) is 11.1. The molecule has 15 heavy (non-hydrogen) atoms. The molecule has 0 bridgehead atoms. The molecule has 0 fully saturated rings. The van der Waals surface area contributed by atoms with Gasteiger partial charge in [0.25, 0.3) is 10.1 Å². The summed E-state index contributed by atoms with van der Waals surface area (Å²) in [5.41, 5.74) is 1.46. The third-order valence-electron chi connectivity index (χ3n) is 1.71. The van der Waals surface area contributed by atoms with Gasteiger partial charge in [-0.3, -0.25) is 4.55 Å². The summed E-state index contributed by atoms with van der Waals surface area (Å²) in [6.45, 7) is 2.23. The smallest absolute Gasteiger partial charge is 0.261 e. The zero-order valence-electron chi connectivity index (χ0n) is 9.47. The first-order valence-corrected chi connectivity index (χ1v) is 6.71. The van der Waals surface area contributed by atoms with Gasteiger partial charge in [0, 0.05) is 19.4 Å². The highest BCUT2D eigenvalue weighted by Gasteiger charge is 1.91. The van der Waals surface area contributed by atoms with Crippen LogP contribution in [0.4, 0.5) is 0 Å². The molecule has 0 radical (unpaired) electrons. The Bertz CT molecular complexity index is 360. The second kappa shape index (κ2) is 6.63. The Kier molecular flexibility index (Phi) is 6.27. The van der Waals surface area contributed by atoms with Crippen molar-refractivity contribution in [1.82, 2.24) is 4.57 Å². The summed E-state index contributed by atoms with van der Waals surface area (Å²) in [6.07, 6.45) is 8.84. The Balaban J connectivity index is 0.000000336. The molecule has 1 aromatic rings. The lowest BCUT2D eigenvalue weighted by Gasteiger charge is -1.92. The van der Waals surface area contributed by atoms with Crippen molar-refractivity contribution in [1.29, 1.82) is 0 Å². The first kappa shape index (κ1) is 14.2. The zero-order valence-corrected chi connectivity index (χ0v) is 10.3. The summed E-state index contributed by atoms with van der Waals surface area (Å²) >= 11 is 0. The molecular weight excluding hydrogens is 214 g/mol. The average molecular weight is 233 g/mol. The van der Waals surface area contributed by atoms with Gasteiger partial charge < -0.3 is 4.57 Å². The molecule has 1 aromatic heterocycles. The van der Waals surface area contributed by atoms with Crippen LogP contribution in [0, 0.1) is 0 Å². The van der Waals surface area contributed by atoms with E-state index in [-0.39, 0.29) is 0 Å². The van der Waals surface area contributed by atoms with Gasteiger partial charge in [0.15, 0.2) is 0 Å². The van der Waals surface area contributed by atoms with Crippen LogP contribution in [0.5, 0.6) is 0 Å². The summed E-state index contributed by atoms with van der Waals surface area (Å²) in [7, 11) is -1.60. The van der Waals surface area contributed by atoms with Crippen LogP contribution in [0.1, 0.15) is 25.3 Å². The average Bonchev–Trinajstić information content (AvgIpc) is 2.45. The molecule has 0 spiro atoms. The van der Waals surface area contributed by atoms with Gasteiger partial charge in [-0.1, -0.05) is 13.3 Å². The number of hydrogen-bond donors (Lipinski definition) is 1. The van der Waals surface area contributed by atoms with Crippen LogP contribution in [0.2, 0.25) is 0 Å². The molecule has 0 saturated heterocycles. The maximum absolute atomic E-state index is 9.19. The van der Waals surface area contributed by atoms with Crippen LogP contribution in [-0.4, -0.2) is 23.8 Å². The van der Waals surface area contributed by atoms with Crippen molar-refractivity contribution in [3.05, 3.63) is 24.0 Å². The first-order valence-electron chi connectivity index (χ1n) is 4.86. The van der Waals surface area contributed by atoms with Crippen LogP contribution in [0.3, 0.4) is 0 Å². The molecule has 4 nitrogen and oxygen atoms in total. The highest BCUT2D eigenvalue weighted by Crippen LogP contribution is 2.04. The lowest BCUT2D eigenvalue weighted by Crippen LogP contribution is -1.88. The van der Waals surface area contributed by atoms with Crippen molar-refractivity contribution in [3.8, 4) is 0 Å². The van der Waals surface area contributed by atoms with Gasteiger partial charge in [-0.15, -0.1) is 0 Å². The fourth-order valence-electron chi connectivity index (χ4n) is 1.09. The molecule has 5 heteroatoms. The van der Waals surface area contributed by atoms with Crippen molar-refractivity contribution >= 4 is 10.1 Å². The Labute approximate surface area is 91.7 Å². The van der Waals surface area contributed by atoms with Crippen LogP contribution in [0.15, 0.2) is 18.5 Å². The molecule has 0 aromatic carbocycles. The molecule has 0 aliphatic carbocycles. The molecule has 0 amide bonds. The minimum absolute atomic E-state index is 0.715. The van der Waals surface area contributed by atoms with Crippen molar-refractivity contribution < 1.29 is 13.0 Å². The van der Waals surface area contributed by atoms with Gasteiger partial charge in [0.2, 0.25) is 0 Å². The van der Waals surface area contributed by atoms with Gasteiger partial charge in [-0.05, 0) is 24.5 Å². The molecule has 88 valence electrons. The predicted octanol–water partition coefficient (Wildman–Crippen LogP) is 1.87. The maximum atomic E-state index is 9.19. The molecule has 0 saturated carbocycles. The SMILES string of the molecule is CCCCc1ccn(C)c1.CS(=O)(=O)O. The van der Waals surface area contributed by atoms with E-state index in [1.165, 1.54) is 24.8 Å². The summed E-state index contributed by atoms with van der Waals surface area (Å²) in [4.78, 5) is 0. The molecule has 1 heterocycles. The topological polar surface area (TPSA) is 59.3 Å². The standard InChI is InChI=1S/C9H15N.CH4O3S/c1-3-4-5-9-6-7-10(2)8-9;1-5(2,3)4/h6-8H,3-5H2,1-2H3;1H3,(H,2,3,4). The van der Waals surface area contributed by atoms with E-state index in [2.05, 4.69) is 37.0 Å². The number of hydrogen-bond acceptors (Lipinski definition) is 2. The Morgan fingerprint density at radius 3 is 2.33 bits per heavy atom. The highest BCUT2D eigenvalue weighted by atomic mass is 32.2. The monoisotopic (exact) mass is 233 g/mol. The molecule has 0 aliphatic rings. The third-order valence-corrected chi connectivity index (χ3v) is 1.71. The van der Waals surface area contributed by atoms with Crippen LogP contribution in [-0.2, 0) is 23.6 Å². The van der Waals surface area contributed by atoms with Gasteiger partial charge in [0.1, 0.15) is 0 Å². The second-order valence-corrected chi connectivity index (χ2v) is 4.99. The van der Waals surface area contributed by atoms with E-state index in [9.17, 15) is 8.42 Å². The van der Waals surface area contributed by atoms with E-state index < -0.39 is 10.1 Å². The summed E-state index contributed by atoms with van der Waals surface area (Å²) in [6, 6.07) is 2.19. The van der Waals surface area contributed by atoms with Crippen molar-refractivity contribution in [2.24, 2.45) is 7.05 Å². The molecule has 0 unspecified atom stereocenters. The van der Waals surface area contributed by atoms with Crippen molar-refractivity contribution in [2.75, 3.05) is 6.26 Å². The van der Waals surface area contributed by atoms with E-state index in [1.54, 1.807) is 0 Å². The van der Waals surface area contributed by atoms with Crippen LogP contribution < -0.4 is 0 Å². The summed E-state index contributed by atoms with van der Waals surface area (Å²) in [5.74, 6) is 0. The Morgan fingerprint density at radius 2 is 2.00 bits per heavy atom. The second-order valence-electron chi connectivity index (χ2n) is 3.52. The summed E-state index contributed by atoms with van der Waals surface area (Å²) < 4.78 is 28.0. The molecule has 1 rings (SSSR count). The highest BCUT2D eigenvalue weighted by molar-refractivity contribution is 7.85. The Morgan fingerprint density at radius 1 is 1.47 bits per heavy atom. The minimum atomic E-state index is -3.67. The fourth-order valence-corrected chi connectivity index (χ4v) is 1.09. The fraction of sp³-hybridized carbons (Fsp3) is 0.600. The van der Waals surface area contributed by atoms with Gasteiger partial charge in [0.05, 0.1) is 6.26 Å². The van der Waals surface area contributed by atoms with E-state index in [1.807, 2.05) is 0 Å². The van der Waals surface area contributed by atoms with Gasteiger partial charge in [-0.2, -0.15) is 8.42 Å². The normalized spacial score (nSPS) is 10.7. The number of unbranched alkanes of at least 4 members (excludes halogenated alkanes) is 1. The van der Waals surface area contributed by atoms with Crippen LogP contribution >= 0.6 is 0 Å². The van der Waals surface area contributed by atoms with E-state index >= 15 is 0 Å². The number of rotatable bonds is 3. The predicted molar refractivity (Wildman–Crippen MR) is 61.5 cm³/mol. The quantitative estimate of drug-likeness (QED) is 0.811. The van der Waals surface area contributed by atoms with E-state index in [0.29, 0.717) is 6.26 Å². The molecule has 0 aliphatic heterocycles. The zero-order chi connectivity index (χ0) is 11.9. The first-order chi connectivity index (χ1) is 6.83.